The summed E-state index contributed by atoms with van der Waals surface area (Å²) in [6.07, 6.45) is 1.57. The second kappa shape index (κ2) is 3.33. The van der Waals surface area contributed by atoms with Crippen LogP contribution in [0.3, 0.4) is 0 Å². The molecule has 3 rings (SSSR count). The molecule has 0 atom stereocenters. The number of carbonyl (C=O) groups excluding carboxylic acids is 1. The molecule has 16 heavy (non-hydrogen) atoms. The Hall–Kier alpha value is -1.84. The maximum atomic E-state index is 11.7. The summed E-state index contributed by atoms with van der Waals surface area (Å²) in [5.41, 5.74) is 2.01. The predicted octanol–water partition coefficient (Wildman–Crippen LogP) is 1.70. The van der Waals surface area contributed by atoms with Crippen LogP contribution < -0.4 is 4.90 Å². The fraction of sp³-hybridized carbons (Fsp3) is 0.333. The van der Waals surface area contributed by atoms with E-state index in [2.05, 4.69) is 4.98 Å². The smallest absolute Gasteiger partial charge is 0.229 e. The van der Waals surface area contributed by atoms with Crippen molar-refractivity contribution in [2.75, 3.05) is 11.4 Å². The lowest BCUT2D eigenvalue weighted by atomic mass is 10.3. The number of carbonyl (C=O) groups is 1. The number of hydrogen-bond donors (Lipinski definition) is 0. The number of nitrogens with zero attached hydrogens (tertiary/aromatic N) is 3. The van der Waals surface area contributed by atoms with E-state index in [-0.39, 0.29) is 5.91 Å². The third-order valence-corrected chi connectivity index (χ3v) is 3.08. The van der Waals surface area contributed by atoms with Crippen molar-refractivity contribution in [2.45, 2.75) is 12.8 Å². The number of benzene rings is 1. The van der Waals surface area contributed by atoms with Gasteiger partial charge in [0.15, 0.2) is 0 Å². The summed E-state index contributed by atoms with van der Waals surface area (Å²) in [7, 11) is 1.95. The number of anilines is 1. The predicted molar refractivity (Wildman–Crippen MR) is 62.3 cm³/mol. The van der Waals surface area contributed by atoms with Gasteiger partial charge in [0.25, 0.3) is 0 Å². The zero-order chi connectivity index (χ0) is 11.1. The van der Waals surface area contributed by atoms with E-state index in [0.29, 0.717) is 6.42 Å². The van der Waals surface area contributed by atoms with Crippen LogP contribution in [0.2, 0.25) is 0 Å². The zero-order valence-corrected chi connectivity index (χ0v) is 9.18. The second-order valence-corrected chi connectivity index (χ2v) is 4.11. The molecule has 1 aliphatic rings. The highest BCUT2D eigenvalue weighted by molar-refractivity contribution is 5.95. The number of rotatable bonds is 1. The normalized spacial score (nSPS) is 16.3. The van der Waals surface area contributed by atoms with Gasteiger partial charge >= 0.3 is 0 Å². The van der Waals surface area contributed by atoms with Crippen molar-refractivity contribution < 1.29 is 4.79 Å². The van der Waals surface area contributed by atoms with Gasteiger partial charge in [0.05, 0.1) is 11.0 Å². The Bertz CT molecular complexity index is 558. The summed E-state index contributed by atoms with van der Waals surface area (Å²) in [4.78, 5) is 18.0. The van der Waals surface area contributed by atoms with E-state index in [1.807, 2.05) is 35.9 Å². The highest BCUT2D eigenvalue weighted by Gasteiger charge is 2.25. The van der Waals surface area contributed by atoms with Crippen molar-refractivity contribution in [1.29, 1.82) is 0 Å². The van der Waals surface area contributed by atoms with E-state index < -0.39 is 0 Å². The lowest BCUT2D eigenvalue weighted by molar-refractivity contribution is -0.117. The molecule has 4 heteroatoms. The second-order valence-electron chi connectivity index (χ2n) is 4.11. The standard InChI is InChI=1S/C12H13N3O/c1-14-10-6-3-2-5-9(10)13-12(14)15-8-4-7-11(15)16/h2-3,5-6H,4,7-8H2,1H3. The Morgan fingerprint density at radius 3 is 2.81 bits per heavy atom. The molecule has 1 amide bonds. The van der Waals surface area contributed by atoms with Crippen molar-refractivity contribution in [3.8, 4) is 0 Å². The summed E-state index contributed by atoms with van der Waals surface area (Å²) < 4.78 is 1.98. The number of para-hydroxylation sites is 2. The van der Waals surface area contributed by atoms with Crippen molar-refractivity contribution in [1.82, 2.24) is 9.55 Å². The first-order valence-corrected chi connectivity index (χ1v) is 5.49. The van der Waals surface area contributed by atoms with Crippen LogP contribution in [0.5, 0.6) is 0 Å². The van der Waals surface area contributed by atoms with Gasteiger partial charge in [0, 0.05) is 20.0 Å². The number of fused-ring (bicyclic) bond motifs is 1. The number of amides is 1. The van der Waals surface area contributed by atoms with Crippen LogP contribution in [-0.4, -0.2) is 22.0 Å². The van der Waals surface area contributed by atoms with Gasteiger partial charge < -0.3 is 4.57 Å². The van der Waals surface area contributed by atoms with Gasteiger partial charge in [0.2, 0.25) is 11.9 Å². The summed E-state index contributed by atoms with van der Waals surface area (Å²) in [6, 6.07) is 7.94. The van der Waals surface area contributed by atoms with Gasteiger partial charge in [0.1, 0.15) is 0 Å². The van der Waals surface area contributed by atoms with Crippen molar-refractivity contribution in [2.24, 2.45) is 7.05 Å². The maximum absolute atomic E-state index is 11.7. The number of imidazole rings is 1. The first-order chi connectivity index (χ1) is 7.77. The topological polar surface area (TPSA) is 38.1 Å². The first kappa shape index (κ1) is 9.39. The van der Waals surface area contributed by atoms with E-state index in [1.165, 1.54) is 0 Å². The summed E-state index contributed by atoms with van der Waals surface area (Å²) in [6.45, 7) is 0.788. The quantitative estimate of drug-likeness (QED) is 0.726. The van der Waals surface area contributed by atoms with Crippen LogP contribution in [0.4, 0.5) is 5.95 Å². The fourth-order valence-corrected chi connectivity index (χ4v) is 2.23. The lowest BCUT2D eigenvalue weighted by Gasteiger charge is -2.14. The molecule has 2 aromatic rings. The van der Waals surface area contributed by atoms with Gasteiger partial charge in [-0.1, -0.05) is 12.1 Å². The van der Waals surface area contributed by atoms with Gasteiger partial charge in [-0.05, 0) is 18.6 Å². The van der Waals surface area contributed by atoms with Gasteiger partial charge in [-0.15, -0.1) is 0 Å². The van der Waals surface area contributed by atoms with Gasteiger partial charge in [-0.2, -0.15) is 0 Å². The molecule has 0 N–H and O–H groups in total. The first-order valence-electron chi connectivity index (χ1n) is 5.49. The average Bonchev–Trinajstić information content (AvgIpc) is 2.84. The highest BCUT2D eigenvalue weighted by Crippen LogP contribution is 2.24. The molecule has 2 heterocycles. The number of hydrogen-bond acceptors (Lipinski definition) is 2. The largest absolute Gasteiger partial charge is 0.313 e. The van der Waals surface area contributed by atoms with E-state index in [4.69, 9.17) is 0 Å². The summed E-state index contributed by atoms with van der Waals surface area (Å²) in [5.74, 6) is 0.946. The SMILES string of the molecule is Cn1c(N2CCCC2=O)nc2ccccc21. The molecule has 0 radical (unpaired) electrons. The minimum Gasteiger partial charge on any atom is -0.313 e. The van der Waals surface area contributed by atoms with Crippen molar-refractivity contribution in [3.63, 3.8) is 0 Å². The van der Waals surface area contributed by atoms with E-state index in [0.717, 1.165) is 29.9 Å². The highest BCUT2D eigenvalue weighted by atomic mass is 16.2. The number of aromatic nitrogens is 2. The van der Waals surface area contributed by atoms with Crippen LogP contribution in [0, 0.1) is 0 Å². The monoisotopic (exact) mass is 215 g/mol. The molecule has 0 unspecified atom stereocenters. The third kappa shape index (κ3) is 1.23. The molecule has 1 fully saturated rings. The lowest BCUT2D eigenvalue weighted by Crippen LogP contribution is -2.26. The molecular weight excluding hydrogens is 202 g/mol. The van der Waals surface area contributed by atoms with E-state index in [1.54, 1.807) is 4.90 Å². The molecule has 1 saturated heterocycles. The Balaban J connectivity index is 2.17. The third-order valence-electron chi connectivity index (χ3n) is 3.08. The molecule has 1 aromatic heterocycles. The maximum Gasteiger partial charge on any atom is 0.229 e. The van der Waals surface area contributed by atoms with Gasteiger partial charge in [-0.3, -0.25) is 9.69 Å². The van der Waals surface area contributed by atoms with Crippen LogP contribution >= 0.6 is 0 Å². The van der Waals surface area contributed by atoms with Gasteiger partial charge in [-0.25, -0.2) is 4.98 Å². The molecule has 1 aromatic carbocycles. The molecular formula is C12H13N3O. The number of aryl methyl sites for hydroxylation is 1. The molecule has 0 spiro atoms. The average molecular weight is 215 g/mol. The van der Waals surface area contributed by atoms with E-state index in [9.17, 15) is 4.79 Å². The fourth-order valence-electron chi connectivity index (χ4n) is 2.23. The Morgan fingerprint density at radius 1 is 1.31 bits per heavy atom. The van der Waals surface area contributed by atoms with Crippen LogP contribution in [0.1, 0.15) is 12.8 Å². The minimum absolute atomic E-state index is 0.179. The molecule has 0 aliphatic carbocycles. The van der Waals surface area contributed by atoms with Crippen LogP contribution in [-0.2, 0) is 11.8 Å². The van der Waals surface area contributed by atoms with Crippen molar-refractivity contribution in [3.05, 3.63) is 24.3 Å². The summed E-state index contributed by atoms with van der Waals surface area (Å²) in [5, 5.41) is 0. The molecule has 4 nitrogen and oxygen atoms in total. The minimum atomic E-state index is 0.179. The van der Waals surface area contributed by atoms with E-state index >= 15 is 0 Å². The molecule has 82 valence electrons. The Kier molecular flexibility index (Phi) is 1.96. The molecule has 1 aliphatic heterocycles. The molecule has 0 bridgehead atoms. The van der Waals surface area contributed by atoms with Crippen LogP contribution in [0.25, 0.3) is 11.0 Å². The Morgan fingerprint density at radius 2 is 2.12 bits per heavy atom. The summed E-state index contributed by atoms with van der Waals surface area (Å²) >= 11 is 0. The zero-order valence-electron chi connectivity index (χ0n) is 9.18. The van der Waals surface area contributed by atoms with Crippen LogP contribution in [0.15, 0.2) is 24.3 Å². The Labute approximate surface area is 93.5 Å². The molecule has 0 saturated carbocycles. The van der Waals surface area contributed by atoms with Crippen molar-refractivity contribution >= 4 is 22.9 Å².